The fourth-order valence-electron chi connectivity index (χ4n) is 0.689. The molecular formula is C8H11NO2. The molecule has 1 aromatic rings. The van der Waals surface area contributed by atoms with Crippen molar-refractivity contribution in [1.82, 2.24) is 4.98 Å². The monoisotopic (exact) mass is 153 g/mol. The summed E-state index contributed by atoms with van der Waals surface area (Å²) in [4.78, 5) is 4.01. The van der Waals surface area contributed by atoms with Crippen LogP contribution in [-0.2, 0) is 11.3 Å². The molecule has 0 amide bonds. The van der Waals surface area contributed by atoms with Crippen LogP contribution in [0.4, 0.5) is 0 Å². The summed E-state index contributed by atoms with van der Waals surface area (Å²) in [6.45, 7) is 1.93. The van der Waals surface area contributed by atoms with Gasteiger partial charge in [0.05, 0.1) is 12.3 Å². The van der Waals surface area contributed by atoms with E-state index in [0.717, 1.165) is 5.69 Å². The molecule has 0 saturated carbocycles. The number of nitrogens with zero attached hydrogens (tertiary/aromatic N) is 1. The third kappa shape index (κ3) is 3.11. The molecular weight excluding hydrogens is 142 g/mol. The van der Waals surface area contributed by atoms with Gasteiger partial charge in [0, 0.05) is 6.20 Å². The van der Waals surface area contributed by atoms with Crippen molar-refractivity contribution in [3.63, 3.8) is 0 Å². The van der Waals surface area contributed by atoms with Crippen LogP contribution in [0, 0.1) is 0 Å². The standard InChI is InChI=1S/C8H11NO2/c1-7(10)11-6-8-4-2-3-5-9-8/h2-5,7,10H,6H2,1H3. The van der Waals surface area contributed by atoms with Gasteiger partial charge in [-0.3, -0.25) is 4.98 Å². The molecule has 1 unspecified atom stereocenters. The van der Waals surface area contributed by atoms with Crippen LogP contribution in [0.5, 0.6) is 0 Å². The van der Waals surface area contributed by atoms with Gasteiger partial charge >= 0.3 is 0 Å². The van der Waals surface area contributed by atoms with E-state index in [1.165, 1.54) is 0 Å². The molecule has 0 bridgehead atoms. The summed E-state index contributed by atoms with van der Waals surface area (Å²) in [7, 11) is 0. The molecule has 0 fully saturated rings. The van der Waals surface area contributed by atoms with Crippen LogP contribution in [0.2, 0.25) is 0 Å². The first kappa shape index (κ1) is 8.17. The predicted molar refractivity (Wildman–Crippen MR) is 40.7 cm³/mol. The van der Waals surface area contributed by atoms with Gasteiger partial charge in [-0.15, -0.1) is 0 Å². The van der Waals surface area contributed by atoms with E-state index < -0.39 is 6.29 Å². The lowest BCUT2D eigenvalue weighted by Crippen LogP contribution is -2.06. The van der Waals surface area contributed by atoms with E-state index in [1.54, 1.807) is 13.1 Å². The molecule has 0 radical (unpaired) electrons. The summed E-state index contributed by atoms with van der Waals surface area (Å²) >= 11 is 0. The number of aliphatic hydroxyl groups excluding tert-OH is 1. The lowest BCUT2D eigenvalue weighted by Gasteiger charge is -2.04. The van der Waals surface area contributed by atoms with Crippen molar-refractivity contribution >= 4 is 0 Å². The zero-order valence-electron chi connectivity index (χ0n) is 6.40. The van der Waals surface area contributed by atoms with Crippen molar-refractivity contribution in [2.24, 2.45) is 0 Å². The predicted octanol–water partition coefficient (Wildman–Crippen LogP) is 0.936. The molecule has 60 valence electrons. The van der Waals surface area contributed by atoms with Gasteiger partial charge in [0.1, 0.15) is 0 Å². The number of rotatable bonds is 3. The largest absolute Gasteiger partial charge is 0.368 e. The molecule has 3 nitrogen and oxygen atoms in total. The number of hydrogen-bond acceptors (Lipinski definition) is 3. The second kappa shape index (κ2) is 4.05. The fraction of sp³-hybridized carbons (Fsp3) is 0.375. The highest BCUT2D eigenvalue weighted by atomic mass is 16.6. The average molecular weight is 153 g/mol. The third-order valence-electron chi connectivity index (χ3n) is 1.20. The van der Waals surface area contributed by atoms with Gasteiger partial charge in [-0.05, 0) is 19.1 Å². The normalized spacial score (nSPS) is 12.9. The molecule has 3 heteroatoms. The van der Waals surface area contributed by atoms with Crippen molar-refractivity contribution in [2.45, 2.75) is 19.8 Å². The fourth-order valence-corrected chi connectivity index (χ4v) is 0.689. The van der Waals surface area contributed by atoms with E-state index >= 15 is 0 Å². The molecule has 1 aromatic heterocycles. The first-order valence-electron chi connectivity index (χ1n) is 3.48. The zero-order chi connectivity index (χ0) is 8.10. The van der Waals surface area contributed by atoms with Crippen molar-refractivity contribution in [3.05, 3.63) is 30.1 Å². The molecule has 1 rings (SSSR count). The molecule has 0 aliphatic heterocycles. The van der Waals surface area contributed by atoms with Crippen LogP contribution in [0.25, 0.3) is 0 Å². The van der Waals surface area contributed by atoms with E-state index in [-0.39, 0.29) is 0 Å². The Morgan fingerprint density at radius 2 is 2.45 bits per heavy atom. The molecule has 11 heavy (non-hydrogen) atoms. The van der Waals surface area contributed by atoms with Crippen molar-refractivity contribution in [1.29, 1.82) is 0 Å². The van der Waals surface area contributed by atoms with Crippen LogP contribution in [0.3, 0.4) is 0 Å². The van der Waals surface area contributed by atoms with Gasteiger partial charge < -0.3 is 9.84 Å². The highest BCUT2D eigenvalue weighted by Gasteiger charge is 1.95. The van der Waals surface area contributed by atoms with Gasteiger partial charge in [-0.1, -0.05) is 6.07 Å². The maximum atomic E-state index is 8.76. The van der Waals surface area contributed by atoms with Gasteiger partial charge in [-0.25, -0.2) is 0 Å². The van der Waals surface area contributed by atoms with Crippen LogP contribution in [0.15, 0.2) is 24.4 Å². The minimum atomic E-state index is -0.725. The van der Waals surface area contributed by atoms with Crippen LogP contribution < -0.4 is 0 Å². The van der Waals surface area contributed by atoms with Crippen LogP contribution >= 0.6 is 0 Å². The minimum absolute atomic E-state index is 0.360. The highest BCUT2D eigenvalue weighted by molar-refractivity contribution is 5.01. The lowest BCUT2D eigenvalue weighted by atomic mass is 10.4. The van der Waals surface area contributed by atoms with Gasteiger partial charge in [0.15, 0.2) is 6.29 Å². The molecule has 1 N–H and O–H groups in total. The second-order valence-corrected chi connectivity index (χ2v) is 2.23. The summed E-state index contributed by atoms with van der Waals surface area (Å²) in [5.41, 5.74) is 0.827. The zero-order valence-corrected chi connectivity index (χ0v) is 6.40. The number of pyridine rings is 1. The van der Waals surface area contributed by atoms with E-state index in [0.29, 0.717) is 6.61 Å². The van der Waals surface area contributed by atoms with Crippen molar-refractivity contribution in [2.75, 3.05) is 0 Å². The Morgan fingerprint density at radius 1 is 1.64 bits per heavy atom. The third-order valence-corrected chi connectivity index (χ3v) is 1.20. The number of hydrogen-bond donors (Lipinski definition) is 1. The number of aliphatic hydroxyl groups is 1. The molecule has 1 atom stereocenters. The average Bonchev–Trinajstić information content (AvgIpc) is 2.03. The summed E-state index contributed by atoms with van der Waals surface area (Å²) in [5.74, 6) is 0. The summed E-state index contributed by atoms with van der Waals surface area (Å²) in [5, 5.41) is 8.76. The number of ether oxygens (including phenoxy) is 1. The van der Waals surface area contributed by atoms with Crippen LogP contribution in [0.1, 0.15) is 12.6 Å². The maximum absolute atomic E-state index is 8.76. The molecule has 1 heterocycles. The van der Waals surface area contributed by atoms with Crippen molar-refractivity contribution in [3.8, 4) is 0 Å². The lowest BCUT2D eigenvalue weighted by molar-refractivity contribution is -0.0948. The summed E-state index contributed by atoms with van der Waals surface area (Å²) < 4.78 is 4.92. The topological polar surface area (TPSA) is 42.4 Å². The Morgan fingerprint density at radius 3 is 3.00 bits per heavy atom. The minimum Gasteiger partial charge on any atom is -0.368 e. The van der Waals surface area contributed by atoms with Crippen LogP contribution in [-0.4, -0.2) is 16.4 Å². The van der Waals surface area contributed by atoms with Gasteiger partial charge in [0.25, 0.3) is 0 Å². The van der Waals surface area contributed by atoms with Gasteiger partial charge in [-0.2, -0.15) is 0 Å². The highest BCUT2D eigenvalue weighted by Crippen LogP contribution is 1.97. The smallest absolute Gasteiger partial charge is 0.152 e. The van der Waals surface area contributed by atoms with E-state index in [1.807, 2.05) is 18.2 Å². The number of aromatic nitrogens is 1. The van der Waals surface area contributed by atoms with E-state index in [9.17, 15) is 0 Å². The Labute approximate surface area is 65.7 Å². The second-order valence-electron chi connectivity index (χ2n) is 2.23. The quantitative estimate of drug-likeness (QED) is 0.657. The molecule has 0 aromatic carbocycles. The Balaban J connectivity index is 2.39. The van der Waals surface area contributed by atoms with E-state index in [4.69, 9.17) is 9.84 Å². The first-order chi connectivity index (χ1) is 5.29. The molecule has 0 spiro atoms. The van der Waals surface area contributed by atoms with Crippen molar-refractivity contribution < 1.29 is 9.84 Å². The molecule has 0 saturated heterocycles. The summed E-state index contributed by atoms with van der Waals surface area (Å²) in [6, 6.07) is 5.57. The first-order valence-corrected chi connectivity index (χ1v) is 3.48. The Kier molecular flexibility index (Phi) is 3.01. The Hall–Kier alpha value is -0.930. The Bertz CT molecular complexity index is 199. The molecule has 0 aliphatic rings. The van der Waals surface area contributed by atoms with Gasteiger partial charge in [0.2, 0.25) is 0 Å². The van der Waals surface area contributed by atoms with E-state index in [2.05, 4.69) is 4.98 Å². The summed E-state index contributed by atoms with van der Waals surface area (Å²) in [6.07, 6.45) is 0.970. The SMILES string of the molecule is CC(O)OCc1ccccn1. The molecule has 0 aliphatic carbocycles. The maximum Gasteiger partial charge on any atom is 0.152 e.